The number of nitrogen functional groups attached to an aromatic ring is 1. The number of aromatic nitrogens is 1. The van der Waals surface area contributed by atoms with Gasteiger partial charge < -0.3 is 10.6 Å². The monoisotopic (exact) mass is 267 g/mol. The number of rotatable bonds is 4. The standard InChI is InChI=1S/C11H14BrN3/c1-3-5-15(6-4-2)11-10(12)7-9(13)8-14-11/h1,7-8H,4-6,13H2,2H3. The Morgan fingerprint density at radius 2 is 2.40 bits per heavy atom. The summed E-state index contributed by atoms with van der Waals surface area (Å²) in [6.45, 7) is 3.55. The Labute approximate surface area is 98.8 Å². The number of hydrogen-bond donors (Lipinski definition) is 1. The molecule has 0 aliphatic carbocycles. The van der Waals surface area contributed by atoms with Gasteiger partial charge in [0.2, 0.25) is 0 Å². The fraction of sp³-hybridized carbons (Fsp3) is 0.364. The van der Waals surface area contributed by atoms with Crippen molar-refractivity contribution in [2.75, 3.05) is 23.7 Å². The van der Waals surface area contributed by atoms with Crippen LogP contribution in [0.3, 0.4) is 0 Å². The predicted octanol–water partition coefficient (Wildman–Crippen LogP) is 2.28. The van der Waals surface area contributed by atoms with Crippen LogP contribution in [0, 0.1) is 12.3 Å². The number of nitrogens with zero attached hydrogens (tertiary/aromatic N) is 2. The zero-order valence-corrected chi connectivity index (χ0v) is 10.3. The Bertz CT molecular complexity index is 371. The van der Waals surface area contributed by atoms with Gasteiger partial charge in [0.1, 0.15) is 5.82 Å². The highest BCUT2D eigenvalue weighted by molar-refractivity contribution is 9.10. The second kappa shape index (κ2) is 5.62. The average Bonchev–Trinajstić information content (AvgIpc) is 2.17. The van der Waals surface area contributed by atoms with Crippen LogP contribution >= 0.6 is 15.9 Å². The molecule has 0 aliphatic heterocycles. The van der Waals surface area contributed by atoms with Gasteiger partial charge in [-0.3, -0.25) is 0 Å². The second-order valence-electron chi connectivity index (χ2n) is 3.20. The van der Waals surface area contributed by atoms with Crippen molar-refractivity contribution >= 4 is 27.4 Å². The number of terminal acetylenes is 1. The molecule has 0 amide bonds. The molecule has 15 heavy (non-hydrogen) atoms. The fourth-order valence-corrected chi connectivity index (χ4v) is 1.94. The van der Waals surface area contributed by atoms with Crippen LogP contribution in [-0.2, 0) is 0 Å². The maximum absolute atomic E-state index is 5.62. The quantitative estimate of drug-likeness (QED) is 0.852. The summed E-state index contributed by atoms with van der Waals surface area (Å²) in [4.78, 5) is 6.32. The smallest absolute Gasteiger partial charge is 0.143 e. The van der Waals surface area contributed by atoms with Crippen LogP contribution in [0.4, 0.5) is 11.5 Å². The number of hydrogen-bond acceptors (Lipinski definition) is 3. The second-order valence-corrected chi connectivity index (χ2v) is 4.05. The molecule has 0 radical (unpaired) electrons. The van der Waals surface area contributed by atoms with Crippen LogP contribution in [0.1, 0.15) is 13.3 Å². The lowest BCUT2D eigenvalue weighted by Gasteiger charge is -2.21. The van der Waals surface area contributed by atoms with E-state index in [0.29, 0.717) is 12.2 Å². The van der Waals surface area contributed by atoms with Gasteiger partial charge in [-0.25, -0.2) is 4.98 Å². The Morgan fingerprint density at radius 3 is 2.93 bits per heavy atom. The summed E-state index contributed by atoms with van der Waals surface area (Å²) >= 11 is 3.43. The van der Waals surface area contributed by atoms with Gasteiger partial charge in [-0.05, 0) is 28.4 Å². The minimum absolute atomic E-state index is 0.559. The maximum Gasteiger partial charge on any atom is 0.143 e. The summed E-state index contributed by atoms with van der Waals surface area (Å²) in [5.41, 5.74) is 6.27. The highest BCUT2D eigenvalue weighted by atomic mass is 79.9. The summed E-state index contributed by atoms with van der Waals surface area (Å²) in [5.74, 6) is 3.48. The first-order valence-corrected chi connectivity index (χ1v) is 5.57. The van der Waals surface area contributed by atoms with Crippen LogP contribution in [0.5, 0.6) is 0 Å². The van der Waals surface area contributed by atoms with E-state index in [0.717, 1.165) is 23.3 Å². The third-order valence-corrected chi connectivity index (χ3v) is 2.50. The molecule has 2 N–H and O–H groups in total. The van der Waals surface area contributed by atoms with Gasteiger partial charge >= 0.3 is 0 Å². The highest BCUT2D eigenvalue weighted by Gasteiger charge is 2.09. The third kappa shape index (κ3) is 3.14. The van der Waals surface area contributed by atoms with Gasteiger partial charge in [-0.2, -0.15) is 0 Å². The van der Waals surface area contributed by atoms with Gasteiger partial charge in [0.15, 0.2) is 0 Å². The molecule has 0 saturated heterocycles. The molecule has 0 spiro atoms. The lowest BCUT2D eigenvalue weighted by Crippen LogP contribution is -2.25. The van der Waals surface area contributed by atoms with Gasteiger partial charge in [-0.1, -0.05) is 12.8 Å². The lowest BCUT2D eigenvalue weighted by molar-refractivity contribution is 0.807. The van der Waals surface area contributed by atoms with E-state index in [4.69, 9.17) is 12.2 Å². The van der Waals surface area contributed by atoms with Crippen LogP contribution in [0.15, 0.2) is 16.7 Å². The fourth-order valence-electron chi connectivity index (χ4n) is 1.32. The molecule has 0 unspecified atom stereocenters. The molecule has 0 bridgehead atoms. The van der Waals surface area contributed by atoms with E-state index in [9.17, 15) is 0 Å². The topological polar surface area (TPSA) is 42.2 Å². The SMILES string of the molecule is C#CCN(CCC)c1ncc(N)cc1Br. The molecule has 80 valence electrons. The summed E-state index contributed by atoms with van der Waals surface area (Å²) < 4.78 is 0.881. The molecular weight excluding hydrogens is 254 g/mol. The number of nitrogens with two attached hydrogens (primary N) is 1. The molecule has 0 saturated carbocycles. The van der Waals surface area contributed by atoms with E-state index >= 15 is 0 Å². The Kier molecular flexibility index (Phi) is 4.44. The van der Waals surface area contributed by atoms with Crippen molar-refractivity contribution in [2.45, 2.75) is 13.3 Å². The molecule has 0 aliphatic rings. The molecular formula is C11H14BrN3. The van der Waals surface area contributed by atoms with Crippen LogP contribution < -0.4 is 10.6 Å². The summed E-state index contributed by atoms with van der Waals surface area (Å²) in [5, 5.41) is 0. The van der Waals surface area contributed by atoms with Crippen molar-refractivity contribution in [3.8, 4) is 12.3 Å². The van der Waals surface area contributed by atoms with Crippen LogP contribution in [0.25, 0.3) is 0 Å². The van der Waals surface area contributed by atoms with E-state index in [2.05, 4.69) is 33.8 Å². The van der Waals surface area contributed by atoms with Crippen molar-refractivity contribution in [3.63, 3.8) is 0 Å². The van der Waals surface area contributed by atoms with E-state index in [-0.39, 0.29) is 0 Å². The normalized spacial score (nSPS) is 9.67. The number of pyridine rings is 1. The molecule has 0 fully saturated rings. The van der Waals surface area contributed by atoms with Crippen LogP contribution in [0.2, 0.25) is 0 Å². The highest BCUT2D eigenvalue weighted by Crippen LogP contribution is 2.25. The molecule has 1 heterocycles. The Morgan fingerprint density at radius 1 is 1.67 bits per heavy atom. The minimum Gasteiger partial charge on any atom is -0.397 e. The molecule has 0 aromatic carbocycles. The molecule has 4 heteroatoms. The zero-order chi connectivity index (χ0) is 11.3. The molecule has 1 aromatic heterocycles. The minimum atomic E-state index is 0.559. The Balaban J connectivity index is 2.95. The van der Waals surface area contributed by atoms with E-state index in [1.165, 1.54) is 0 Å². The van der Waals surface area contributed by atoms with Gasteiger partial charge in [0, 0.05) is 6.54 Å². The van der Waals surface area contributed by atoms with Gasteiger partial charge in [0.25, 0.3) is 0 Å². The van der Waals surface area contributed by atoms with E-state index < -0.39 is 0 Å². The predicted molar refractivity (Wildman–Crippen MR) is 67.7 cm³/mol. The molecule has 0 atom stereocenters. The summed E-state index contributed by atoms with van der Waals surface area (Å²) in [6, 6.07) is 1.83. The summed E-state index contributed by atoms with van der Waals surface area (Å²) in [6.07, 6.45) is 7.98. The lowest BCUT2D eigenvalue weighted by atomic mass is 10.3. The average molecular weight is 268 g/mol. The number of halogens is 1. The van der Waals surface area contributed by atoms with Crippen molar-refractivity contribution in [2.24, 2.45) is 0 Å². The van der Waals surface area contributed by atoms with Crippen molar-refractivity contribution < 1.29 is 0 Å². The van der Waals surface area contributed by atoms with Crippen molar-refractivity contribution in [3.05, 3.63) is 16.7 Å². The largest absolute Gasteiger partial charge is 0.397 e. The van der Waals surface area contributed by atoms with Gasteiger partial charge in [0.05, 0.1) is 22.9 Å². The first kappa shape index (κ1) is 11.9. The van der Waals surface area contributed by atoms with Gasteiger partial charge in [-0.15, -0.1) is 6.42 Å². The number of anilines is 2. The van der Waals surface area contributed by atoms with E-state index in [1.807, 2.05) is 11.0 Å². The first-order valence-electron chi connectivity index (χ1n) is 4.78. The zero-order valence-electron chi connectivity index (χ0n) is 8.70. The van der Waals surface area contributed by atoms with Crippen molar-refractivity contribution in [1.82, 2.24) is 4.98 Å². The maximum atomic E-state index is 5.62. The molecule has 3 nitrogen and oxygen atoms in total. The third-order valence-electron chi connectivity index (χ3n) is 1.92. The Hall–Kier alpha value is -1.21. The first-order chi connectivity index (χ1) is 7.19. The van der Waals surface area contributed by atoms with Crippen LogP contribution in [-0.4, -0.2) is 18.1 Å². The summed E-state index contributed by atoms with van der Waals surface area (Å²) in [7, 11) is 0. The molecule has 1 rings (SSSR count). The van der Waals surface area contributed by atoms with E-state index in [1.54, 1.807) is 6.20 Å². The molecule has 1 aromatic rings. The van der Waals surface area contributed by atoms with Crippen molar-refractivity contribution in [1.29, 1.82) is 0 Å².